The second-order valence-corrected chi connectivity index (χ2v) is 2.08. The fraction of sp³-hybridized carbons (Fsp3) is 0.125. The molecular formula is C8H6N2O3. The summed E-state index contributed by atoms with van der Waals surface area (Å²) in [5.41, 5.74) is 0.195. The maximum Gasteiger partial charge on any atom is 0.291 e. The molecule has 5 heteroatoms. The molecule has 0 spiro atoms. The summed E-state index contributed by atoms with van der Waals surface area (Å²) in [6.45, 7) is 0. The van der Waals surface area contributed by atoms with Gasteiger partial charge in [-0.05, 0) is 6.07 Å². The lowest BCUT2D eigenvalue weighted by Crippen LogP contribution is -1.99. The van der Waals surface area contributed by atoms with Crippen LogP contribution in [0.1, 0.15) is 10.4 Å². The third kappa shape index (κ3) is 1.98. The molecule has 0 unspecified atom stereocenters. The van der Waals surface area contributed by atoms with Crippen molar-refractivity contribution >= 4 is 12.0 Å². The van der Waals surface area contributed by atoms with Crippen molar-refractivity contribution in [1.82, 2.24) is 4.98 Å². The number of nitrogens with zero attached hydrogens (tertiary/aromatic N) is 2. The first kappa shape index (κ1) is 9.09. The van der Waals surface area contributed by atoms with Gasteiger partial charge in [0.2, 0.25) is 6.08 Å². The first-order chi connectivity index (χ1) is 6.29. The molecule has 66 valence electrons. The molecule has 1 heterocycles. The molecule has 0 aliphatic rings. The van der Waals surface area contributed by atoms with Crippen molar-refractivity contribution in [3.63, 3.8) is 0 Å². The molecule has 1 amide bonds. The highest BCUT2D eigenvalue weighted by molar-refractivity contribution is 5.99. The van der Waals surface area contributed by atoms with Gasteiger partial charge in [-0.3, -0.25) is 9.78 Å². The number of isocyanates is 1. The van der Waals surface area contributed by atoms with Gasteiger partial charge in [-0.2, -0.15) is 0 Å². The average Bonchev–Trinajstić information content (AvgIpc) is 2.18. The zero-order chi connectivity index (χ0) is 9.68. The third-order valence-corrected chi connectivity index (χ3v) is 1.38. The molecule has 0 aromatic carbocycles. The second-order valence-electron chi connectivity index (χ2n) is 2.08. The minimum Gasteiger partial charge on any atom is -0.494 e. The molecule has 0 radical (unpaired) electrons. The van der Waals surface area contributed by atoms with Gasteiger partial charge in [-0.1, -0.05) is 0 Å². The Morgan fingerprint density at radius 2 is 2.46 bits per heavy atom. The molecule has 0 N–H and O–H groups in total. The molecule has 13 heavy (non-hydrogen) atoms. The van der Waals surface area contributed by atoms with Crippen molar-refractivity contribution in [2.75, 3.05) is 7.11 Å². The van der Waals surface area contributed by atoms with Crippen LogP contribution in [0.4, 0.5) is 0 Å². The smallest absolute Gasteiger partial charge is 0.291 e. The molecular weight excluding hydrogens is 172 g/mol. The number of amides is 1. The summed E-state index contributed by atoms with van der Waals surface area (Å²) >= 11 is 0. The number of carbonyl (C=O) groups is 1. The number of methoxy groups -OCH3 is 1. The standard InChI is InChI=1S/C8H6N2O3/c1-13-7-4-9-3-2-6(7)8(12)10-5-11/h2-4H,1H3. The predicted molar refractivity (Wildman–Crippen MR) is 43.2 cm³/mol. The van der Waals surface area contributed by atoms with E-state index >= 15 is 0 Å². The van der Waals surface area contributed by atoms with Gasteiger partial charge < -0.3 is 4.74 Å². The topological polar surface area (TPSA) is 68.6 Å². The van der Waals surface area contributed by atoms with E-state index in [1.54, 1.807) is 0 Å². The monoisotopic (exact) mass is 178 g/mol. The van der Waals surface area contributed by atoms with Gasteiger partial charge in [0, 0.05) is 6.20 Å². The van der Waals surface area contributed by atoms with Gasteiger partial charge in [-0.15, -0.1) is 4.99 Å². The maximum atomic E-state index is 11.1. The Bertz CT molecular complexity index is 369. The average molecular weight is 178 g/mol. The zero-order valence-corrected chi connectivity index (χ0v) is 6.85. The van der Waals surface area contributed by atoms with E-state index in [1.165, 1.54) is 31.6 Å². The Kier molecular flexibility index (Phi) is 2.89. The van der Waals surface area contributed by atoms with Gasteiger partial charge in [0.15, 0.2) is 0 Å². The second kappa shape index (κ2) is 4.13. The van der Waals surface area contributed by atoms with Crippen LogP contribution in [0.25, 0.3) is 0 Å². The van der Waals surface area contributed by atoms with E-state index in [4.69, 9.17) is 4.74 Å². The van der Waals surface area contributed by atoms with Crippen LogP contribution in [-0.4, -0.2) is 24.1 Å². The molecule has 0 atom stereocenters. The van der Waals surface area contributed by atoms with E-state index in [-0.39, 0.29) is 11.3 Å². The molecule has 0 saturated heterocycles. The Balaban J connectivity index is 3.12. The number of aromatic nitrogens is 1. The van der Waals surface area contributed by atoms with Crippen LogP contribution in [0, 0.1) is 0 Å². The fourth-order valence-corrected chi connectivity index (χ4v) is 0.821. The Morgan fingerprint density at radius 3 is 3.08 bits per heavy atom. The Morgan fingerprint density at radius 1 is 1.69 bits per heavy atom. The lowest BCUT2D eigenvalue weighted by Gasteiger charge is -2.01. The molecule has 1 aromatic rings. The quantitative estimate of drug-likeness (QED) is 0.490. The SMILES string of the molecule is COc1cnccc1C(=O)N=C=O. The van der Waals surface area contributed by atoms with E-state index in [9.17, 15) is 9.59 Å². The highest BCUT2D eigenvalue weighted by atomic mass is 16.5. The Hall–Kier alpha value is -2.00. The van der Waals surface area contributed by atoms with Crippen molar-refractivity contribution in [3.05, 3.63) is 24.0 Å². The molecule has 0 aliphatic carbocycles. The van der Waals surface area contributed by atoms with Crippen molar-refractivity contribution in [2.45, 2.75) is 0 Å². The summed E-state index contributed by atoms with van der Waals surface area (Å²) in [4.78, 5) is 27.6. The zero-order valence-electron chi connectivity index (χ0n) is 6.85. The number of ether oxygens (including phenoxy) is 1. The number of hydrogen-bond donors (Lipinski definition) is 0. The first-order valence-electron chi connectivity index (χ1n) is 3.39. The third-order valence-electron chi connectivity index (χ3n) is 1.38. The Labute approximate surface area is 74.1 Å². The van der Waals surface area contributed by atoms with Crippen molar-refractivity contribution in [3.8, 4) is 5.75 Å². The summed E-state index contributed by atoms with van der Waals surface area (Å²) in [6.07, 6.45) is 3.95. The summed E-state index contributed by atoms with van der Waals surface area (Å²) in [7, 11) is 1.40. The van der Waals surface area contributed by atoms with Crippen molar-refractivity contribution in [1.29, 1.82) is 0 Å². The highest BCUT2D eigenvalue weighted by Crippen LogP contribution is 2.16. The molecule has 5 nitrogen and oxygen atoms in total. The summed E-state index contributed by atoms with van der Waals surface area (Å²) in [5.74, 6) is -0.402. The highest BCUT2D eigenvalue weighted by Gasteiger charge is 2.09. The number of hydrogen-bond acceptors (Lipinski definition) is 4. The maximum absolute atomic E-state index is 11.1. The minimum absolute atomic E-state index is 0.195. The molecule has 1 aromatic heterocycles. The minimum atomic E-state index is -0.686. The molecule has 0 fully saturated rings. The van der Waals surface area contributed by atoms with Crippen molar-refractivity contribution in [2.24, 2.45) is 4.99 Å². The van der Waals surface area contributed by atoms with Crippen LogP contribution in [0.15, 0.2) is 23.5 Å². The lowest BCUT2D eigenvalue weighted by molar-refractivity contribution is 0.1000. The molecule has 0 saturated carbocycles. The summed E-state index contributed by atoms with van der Waals surface area (Å²) in [6, 6.07) is 1.42. The van der Waals surface area contributed by atoms with Crippen LogP contribution in [0.3, 0.4) is 0 Å². The largest absolute Gasteiger partial charge is 0.494 e. The predicted octanol–water partition coefficient (Wildman–Crippen LogP) is 0.566. The molecule has 0 aliphatic heterocycles. The van der Waals surface area contributed by atoms with E-state index < -0.39 is 5.91 Å². The summed E-state index contributed by atoms with van der Waals surface area (Å²) < 4.78 is 4.84. The summed E-state index contributed by atoms with van der Waals surface area (Å²) in [5, 5.41) is 0. The van der Waals surface area contributed by atoms with E-state index in [0.717, 1.165) is 0 Å². The van der Waals surface area contributed by atoms with Crippen LogP contribution in [0.5, 0.6) is 5.75 Å². The van der Waals surface area contributed by atoms with Gasteiger partial charge >= 0.3 is 0 Å². The van der Waals surface area contributed by atoms with Gasteiger partial charge in [0.25, 0.3) is 5.91 Å². The number of carbonyl (C=O) groups excluding carboxylic acids is 2. The van der Waals surface area contributed by atoms with E-state index in [1.807, 2.05) is 0 Å². The normalized spacial score (nSPS) is 8.69. The number of pyridine rings is 1. The molecule has 1 rings (SSSR count). The number of aliphatic imine (C=N–C) groups is 1. The van der Waals surface area contributed by atoms with E-state index in [2.05, 4.69) is 9.98 Å². The molecule has 0 bridgehead atoms. The van der Waals surface area contributed by atoms with Gasteiger partial charge in [-0.25, -0.2) is 4.79 Å². The van der Waals surface area contributed by atoms with Gasteiger partial charge in [0.05, 0.1) is 18.9 Å². The van der Waals surface area contributed by atoms with Crippen LogP contribution >= 0.6 is 0 Å². The van der Waals surface area contributed by atoms with Gasteiger partial charge in [0.1, 0.15) is 5.75 Å². The first-order valence-corrected chi connectivity index (χ1v) is 3.39. The van der Waals surface area contributed by atoms with Crippen LogP contribution < -0.4 is 4.74 Å². The number of rotatable bonds is 2. The van der Waals surface area contributed by atoms with E-state index in [0.29, 0.717) is 0 Å². The van der Waals surface area contributed by atoms with Crippen LogP contribution in [-0.2, 0) is 4.79 Å². The van der Waals surface area contributed by atoms with Crippen molar-refractivity contribution < 1.29 is 14.3 Å². The lowest BCUT2D eigenvalue weighted by atomic mass is 10.2. The van der Waals surface area contributed by atoms with Crippen LogP contribution in [0.2, 0.25) is 0 Å². The fourth-order valence-electron chi connectivity index (χ4n) is 0.821.